The monoisotopic (exact) mass is 342 g/mol. The van der Waals surface area contributed by atoms with Gasteiger partial charge in [0.25, 0.3) is 0 Å². The number of hydrogen-bond acceptors (Lipinski definition) is 2. The first kappa shape index (κ1) is 17.3. The number of likely N-dealkylation sites (N-methyl/N-ethyl adjacent to an activating group) is 1. The van der Waals surface area contributed by atoms with E-state index in [0.29, 0.717) is 0 Å². The van der Waals surface area contributed by atoms with Gasteiger partial charge in [0, 0.05) is 40.2 Å². The van der Waals surface area contributed by atoms with Crippen molar-refractivity contribution in [2.75, 3.05) is 28.2 Å². The van der Waals surface area contributed by atoms with Crippen LogP contribution in [0.5, 0.6) is 0 Å². The number of benzene rings is 1. The summed E-state index contributed by atoms with van der Waals surface area (Å²) in [6.07, 6.45) is 3.90. The van der Waals surface area contributed by atoms with Gasteiger partial charge < -0.3 is 19.6 Å². The van der Waals surface area contributed by atoms with E-state index in [1.54, 1.807) is 33.7 Å². The van der Waals surface area contributed by atoms with E-state index in [1.807, 2.05) is 44.4 Å². The number of carbonyl (C=O) groups excluding carboxylic acids is 2. The first-order chi connectivity index (χ1) is 11.8. The molecule has 1 aromatic carbocycles. The van der Waals surface area contributed by atoms with Crippen LogP contribution in [0.4, 0.5) is 9.59 Å². The molecule has 2 aliphatic heterocycles. The molecule has 1 aromatic rings. The molecule has 2 heterocycles. The van der Waals surface area contributed by atoms with Crippen molar-refractivity contribution in [3.05, 3.63) is 42.0 Å². The van der Waals surface area contributed by atoms with Gasteiger partial charge in [-0.15, -0.1) is 0 Å². The normalized spacial score (nSPS) is 30.3. The molecule has 0 N–H and O–H groups in total. The van der Waals surface area contributed by atoms with Crippen LogP contribution in [0.15, 0.2) is 36.4 Å². The summed E-state index contributed by atoms with van der Waals surface area (Å²) >= 11 is 0. The number of amides is 4. The van der Waals surface area contributed by atoms with Gasteiger partial charge in [0.05, 0.1) is 6.04 Å². The first-order valence-electron chi connectivity index (χ1n) is 8.57. The second-order valence-electron chi connectivity index (χ2n) is 7.00. The number of fused-ring (bicyclic) bond motifs is 1. The third-order valence-electron chi connectivity index (χ3n) is 5.64. The molecule has 0 unspecified atom stereocenters. The molecular weight excluding hydrogens is 316 g/mol. The van der Waals surface area contributed by atoms with Crippen LogP contribution < -0.4 is 0 Å². The quantitative estimate of drug-likeness (QED) is 0.828. The Morgan fingerprint density at radius 3 is 2.00 bits per heavy atom. The summed E-state index contributed by atoms with van der Waals surface area (Å²) in [7, 11) is 7.21. The predicted molar refractivity (Wildman–Crippen MR) is 97.8 cm³/mol. The fraction of sp³-hybridized carbons (Fsp3) is 0.474. The van der Waals surface area contributed by atoms with Gasteiger partial charge in [-0.2, -0.15) is 0 Å². The molecule has 134 valence electrons. The smallest absolute Gasteiger partial charge is 0.321 e. The molecule has 2 saturated heterocycles. The number of urea groups is 2. The van der Waals surface area contributed by atoms with Gasteiger partial charge in [-0.25, -0.2) is 9.59 Å². The molecule has 2 aliphatic rings. The van der Waals surface area contributed by atoms with Crippen LogP contribution in [0, 0.1) is 5.92 Å². The number of hydrogen-bond donors (Lipinski definition) is 0. The van der Waals surface area contributed by atoms with Crippen LogP contribution in [0.25, 0.3) is 6.08 Å². The summed E-state index contributed by atoms with van der Waals surface area (Å²) < 4.78 is 0. The van der Waals surface area contributed by atoms with Crippen molar-refractivity contribution in [2.45, 2.75) is 25.2 Å². The third kappa shape index (κ3) is 2.75. The predicted octanol–water partition coefficient (Wildman–Crippen LogP) is 2.39. The van der Waals surface area contributed by atoms with Gasteiger partial charge >= 0.3 is 12.1 Å². The highest BCUT2D eigenvalue weighted by atomic mass is 16.2. The summed E-state index contributed by atoms with van der Waals surface area (Å²) in [4.78, 5) is 32.1. The fourth-order valence-corrected chi connectivity index (χ4v) is 4.06. The number of nitrogens with zero attached hydrogens (tertiary/aromatic N) is 4. The second kappa shape index (κ2) is 6.43. The highest BCUT2D eigenvalue weighted by Crippen LogP contribution is 2.36. The van der Waals surface area contributed by atoms with Gasteiger partial charge in [0.15, 0.2) is 0 Å². The lowest BCUT2D eigenvalue weighted by Gasteiger charge is -2.57. The summed E-state index contributed by atoms with van der Waals surface area (Å²) in [5.74, 6) is 0.0976. The zero-order valence-corrected chi connectivity index (χ0v) is 15.5. The lowest BCUT2D eigenvalue weighted by molar-refractivity contribution is -0.0534. The Labute approximate surface area is 149 Å². The van der Waals surface area contributed by atoms with E-state index in [9.17, 15) is 9.59 Å². The first-order valence-corrected chi connectivity index (χ1v) is 8.57. The molecule has 4 atom stereocenters. The fourth-order valence-electron chi connectivity index (χ4n) is 4.06. The molecule has 3 rings (SSSR count). The summed E-state index contributed by atoms with van der Waals surface area (Å²) in [5.41, 5.74) is 1.10. The van der Waals surface area contributed by atoms with Gasteiger partial charge in [-0.3, -0.25) is 0 Å². The van der Waals surface area contributed by atoms with Crippen molar-refractivity contribution in [3.63, 3.8) is 0 Å². The van der Waals surface area contributed by atoms with Crippen molar-refractivity contribution >= 4 is 18.1 Å². The molecule has 25 heavy (non-hydrogen) atoms. The van der Waals surface area contributed by atoms with Crippen LogP contribution in [0.2, 0.25) is 0 Å². The molecule has 0 saturated carbocycles. The zero-order chi connectivity index (χ0) is 18.3. The van der Waals surface area contributed by atoms with Gasteiger partial charge in [0.1, 0.15) is 6.17 Å². The van der Waals surface area contributed by atoms with Crippen LogP contribution in [-0.2, 0) is 0 Å². The van der Waals surface area contributed by atoms with Gasteiger partial charge in [0.2, 0.25) is 0 Å². The Hall–Kier alpha value is -2.50. The summed E-state index contributed by atoms with van der Waals surface area (Å²) in [6, 6.07) is 9.87. The van der Waals surface area contributed by atoms with Crippen LogP contribution in [-0.4, -0.2) is 78.1 Å². The minimum Gasteiger partial charge on any atom is -0.324 e. The maximum absolute atomic E-state index is 12.7. The highest BCUT2D eigenvalue weighted by Gasteiger charge is 2.52. The lowest BCUT2D eigenvalue weighted by Crippen LogP contribution is -2.73. The Morgan fingerprint density at radius 2 is 1.40 bits per heavy atom. The molecule has 0 radical (unpaired) electrons. The molecular formula is C19H26N4O2. The minimum absolute atomic E-state index is 0.0251. The van der Waals surface area contributed by atoms with E-state index in [-0.39, 0.29) is 36.2 Å². The minimum atomic E-state index is -0.243. The van der Waals surface area contributed by atoms with Crippen molar-refractivity contribution in [2.24, 2.45) is 5.92 Å². The van der Waals surface area contributed by atoms with Crippen LogP contribution >= 0.6 is 0 Å². The number of rotatable bonds is 2. The van der Waals surface area contributed by atoms with Crippen molar-refractivity contribution in [1.82, 2.24) is 19.6 Å². The summed E-state index contributed by atoms with van der Waals surface area (Å²) in [6.45, 7) is 2.06. The van der Waals surface area contributed by atoms with E-state index in [1.165, 1.54) is 0 Å². The molecule has 4 amide bonds. The Morgan fingerprint density at radius 1 is 0.840 bits per heavy atom. The van der Waals surface area contributed by atoms with Crippen molar-refractivity contribution < 1.29 is 9.59 Å². The van der Waals surface area contributed by atoms with Crippen LogP contribution in [0.3, 0.4) is 0 Å². The highest BCUT2D eigenvalue weighted by molar-refractivity contribution is 5.80. The van der Waals surface area contributed by atoms with Gasteiger partial charge in [-0.1, -0.05) is 42.5 Å². The largest absolute Gasteiger partial charge is 0.324 e. The van der Waals surface area contributed by atoms with Crippen molar-refractivity contribution in [3.8, 4) is 0 Å². The average molecular weight is 342 g/mol. The Balaban J connectivity index is 1.99. The van der Waals surface area contributed by atoms with E-state index in [2.05, 4.69) is 19.1 Å². The number of carbonyl (C=O) groups is 2. The third-order valence-corrected chi connectivity index (χ3v) is 5.64. The molecule has 6 nitrogen and oxygen atoms in total. The molecule has 0 aliphatic carbocycles. The zero-order valence-electron chi connectivity index (χ0n) is 15.5. The van der Waals surface area contributed by atoms with E-state index >= 15 is 0 Å². The maximum Gasteiger partial charge on any atom is 0.321 e. The Bertz CT molecular complexity index is 686. The van der Waals surface area contributed by atoms with Gasteiger partial charge in [-0.05, 0) is 12.5 Å². The average Bonchev–Trinajstić information content (AvgIpc) is 2.62. The van der Waals surface area contributed by atoms with E-state index in [4.69, 9.17) is 0 Å². The second-order valence-corrected chi connectivity index (χ2v) is 7.00. The maximum atomic E-state index is 12.7. The molecule has 0 spiro atoms. The van der Waals surface area contributed by atoms with Crippen LogP contribution in [0.1, 0.15) is 12.5 Å². The standard InChI is InChI=1S/C19H26N4O2/c1-13-16-15(12-11-14-9-7-6-8-10-14)21(3)19(25)23(5)17(16)22(4)18(24)20(13)2/h6-13,15-17H,1-5H3/t13-,15+,16+,17+/m1/s1. The molecule has 6 heteroatoms. The lowest BCUT2D eigenvalue weighted by atomic mass is 9.82. The SMILES string of the molecule is C[C@@H]1[C@@H]2[C@@H](N(C)C(=O)N1C)N(C)C(=O)N(C)[C@H]2C=Cc1ccccc1. The van der Waals surface area contributed by atoms with E-state index in [0.717, 1.165) is 5.56 Å². The topological polar surface area (TPSA) is 47.1 Å². The molecule has 2 fully saturated rings. The molecule has 0 aromatic heterocycles. The summed E-state index contributed by atoms with van der Waals surface area (Å²) in [5, 5.41) is 0. The Kier molecular flexibility index (Phi) is 4.45. The van der Waals surface area contributed by atoms with Crippen molar-refractivity contribution in [1.29, 1.82) is 0 Å². The van der Waals surface area contributed by atoms with E-state index < -0.39 is 0 Å². The molecule has 0 bridgehead atoms.